The summed E-state index contributed by atoms with van der Waals surface area (Å²) in [6.07, 6.45) is 2.45. The molecular weight excluding hydrogens is 310 g/mol. The number of ether oxygens (including phenoxy) is 1. The zero-order valence-corrected chi connectivity index (χ0v) is 13.6. The SMILES string of the molecule is CC(C)(C)OC(=O)n1ccc(NC(=O)c2ccc(N=[N+]=[N-])cc2)c1. The van der Waals surface area contributed by atoms with E-state index in [0.29, 0.717) is 16.9 Å². The van der Waals surface area contributed by atoms with Crippen molar-refractivity contribution >= 4 is 23.4 Å². The Hall–Kier alpha value is -3.25. The lowest BCUT2D eigenvalue weighted by Crippen LogP contribution is -2.26. The van der Waals surface area contributed by atoms with E-state index in [1.807, 2.05) is 0 Å². The van der Waals surface area contributed by atoms with Crippen molar-refractivity contribution < 1.29 is 14.3 Å². The van der Waals surface area contributed by atoms with E-state index >= 15 is 0 Å². The largest absolute Gasteiger partial charge is 0.443 e. The molecule has 0 bridgehead atoms. The summed E-state index contributed by atoms with van der Waals surface area (Å²) in [6, 6.07) is 7.77. The van der Waals surface area contributed by atoms with E-state index in [2.05, 4.69) is 15.3 Å². The highest BCUT2D eigenvalue weighted by molar-refractivity contribution is 6.04. The maximum absolute atomic E-state index is 12.2. The maximum Gasteiger partial charge on any atom is 0.418 e. The molecule has 1 aromatic carbocycles. The van der Waals surface area contributed by atoms with Gasteiger partial charge in [-0.15, -0.1) is 0 Å². The third kappa shape index (κ3) is 4.62. The van der Waals surface area contributed by atoms with Crippen LogP contribution in [0.25, 0.3) is 10.4 Å². The highest BCUT2D eigenvalue weighted by Gasteiger charge is 2.18. The molecule has 2 aromatic rings. The molecule has 124 valence electrons. The predicted octanol–water partition coefficient (Wildman–Crippen LogP) is 4.47. The van der Waals surface area contributed by atoms with Crippen molar-refractivity contribution in [3.05, 3.63) is 58.7 Å². The number of azide groups is 1. The van der Waals surface area contributed by atoms with Gasteiger partial charge in [0.1, 0.15) is 5.60 Å². The van der Waals surface area contributed by atoms with Gasteiger partial charge in [-0.25, -0.2) is 4.79 Å². The van der Waals surface area contributed by atoms with Crippen molar-refractivity contribution in [3.8, 4) is 0 Å². The predicted molar refractivity (Wildman–Crippen MR) is 89.3 cm³/mol. The molecule has 1 heterocycles. The van der Waals surface area contributed by atoms with Crippen molar-refractivity contribution in [2.45, 2.75) is 26.4 Å². The monoisotopic (exact) mass is 327 g/mol. The number of rotatable bonds is 3. The Bertz CT molecular complexity index is 796. The van der Waals surface area contributed by atoms with Crippen molar-refractivity contribution in [1.29, 1.82) is 0 Å². The van der Waals surface area contributed by atoms with Crippen molar-refractivity contribution in [1.82, 2.24) is 4.57 Å². The van der Waals surface area contributed by atoms with Gasteiger partial charge < -0.3 is 10.1 Å². The van der Waals surface area contributed by atoms with Crippen molar-refractivity contribution in [3.63, 3.8) is 0 Å². The van der Waals surface area contributed by atoms with Crippen LogP contribution in [0.15, 0.2) is 47.8 Å². The second-order valence-corrected chi connectivity index (χ2v) is 5.98. The second-order valence-electron chi connectivity index (χ2n) is 5.98. The number of hydrogen-bond donors (Lipinski definition) is 1. The smallest absolute Gasteiger partial charge is 0.418 e. The van der Waals surface area contributed by atoms with Crippen LogP contribution in [-0.4, -0.2) is 22.2 Å². The Morgan fingerprint density at radius 1 is 1.21 bits per heavy atom. The number of aromatic nitrogens is 1. The number of nitrogens with one attached hydrogen (secondary N) is 1. The van der Waals surface area contributed by atoms with E-state index in [1.54, 1.807) is 51.1 Å². The quantitative estimate of drug-likeness (QED) is 0.510. The summed E-state index contributed by atoms with van der Waals surface area (Å²) < 4.78 is 6.49. The number of anilines is 1. The number of nitrogens with zero attached hydrogens (tertiary/aromatic N) is 4. The lowest BCUT2D eigenvalue weighted by Gasteiger charge is -2.19. The van der Waals surface area contributed by atoms with Crippen LogP contribution >= 0.6 is 0 Å². The van der Waals surface area contributed by atoms with E-state index in [-0.39, 0.29) is 5.91 Å². The average Bonchev–Trinajstić information content (AvgIpc) is 2.95. The molecule has 0 saturated carbocycles. The molecule has 0 aliphatic heterocycles. The van der Waals surface area contributed by atoms with E-state index < -0.39 is 11.7 Å². The third-order valence-electron chi connectivity index (χ3n) is 2.84. The third-order valence-corrected chi connectivity index (χ3v) is 2.84. The second kappa shape index (κ2) is 6.89. The van der Waals surface area contributed by atoms with Gasteiger partial charge in [-0.05, 0) is 44.5 Å². The molecule has 0 saturated heterocycles. The van der Waals surface area contributed by atoms with Gasteiger partial charge in [0.2, 0.25) is 0 Å². The zero-order chi connectivity index (χ0) is 17.7. The van der Waals surface area contributed by atoms with Crippen molar-refractivity contribution in [2.24, 2.45) is 5.11 Å². The van der Waals surface area contributed by atoms with Gasteiger partial charge in [0, 0.05) is 28.6 Å². The van der Waals surface area contributed by atoms with Crippen LogP contribution in [0.4, 0.5) is 16.2 Å². The first kappa shape index (κ1) is 17.1. The summed E-state index contributed by atoms with van der Waals surface area (Å²) in [5.41, 5.74) is 9.04. The van der Waals surface area contributed by atoms with Crippen LogP contribution < -0.4 is 5.32 Å². The summed E-state index contributed by atoms with van der Waals surface area (Å²) in [4.78, 5) is 26.7. The van der Waals surface area contributed by atoms with Crippen LogP contribution in [0.2, 0.25) is 0 Å². The van der Waals surface area contributed by atoms with Gasteiger partial charge in [-0.1, -0.05) is 17.2 Å². The molecule has 8 nitrogen and oxygen atoms in total. The first-order chi connectivity index (χ1) is 11.3. The Labute approximate surface area is 138 Å². The molecule has 2 rings (SSSR count). The fourth-order valence-corrected chi connectivity index (χ4v) is 1.83. The van der Waals surface area contributed by atoms with Crippen LogP contribution in [-0.2, 0) is 4.74 Å². The van der Waals surface area contributed by atoms with Crippen LogP contribution in [0.3, 0.4) is 0 Å². The number of benzene rings is 1. The summed E-state index contributed by atoms with van der Waals surface area (Å²) >= 11 is 0. The number of carbonyl (C=O) groups is 2. The first-order valence-corrected chi connectivity index (χ1v) is 7.16. The Morgan fingerprint density at radius 2 is 1.88 bits per heavy atom. The summed E-state index contributed by atoms with van der Waals surface area (Å²) in [6.45, 7) is 5.32. The fourth-order valence-electron chi connectivity index (χ4n) is 1.83. The van der Waals surface area contributed by atoms with Crippen LogP contribution in [0, 0.1) is 0 Å². The Morgan fingerprint density at radius 3 is 2.46 bits per heavy atom. The minimum atomic E-state index is -0.599. The van der Waals surface area contributed by atoms with E-state index in [9.17, 15) is 9.59 Å². The Kier molecular flexibility index (Phi) is 4.91. The van der Waals surface area contributed by atoms with Crippen LogP contribution in [0.1, 0.15) is 31.1 Å². The number of hydrogen-bond acceptors (Lipinski definition) is 4. The molecule has 24 heavy (non-hydrogen) atoms. The highest BCUT2D eigenvalue weighted by Crippen LogP contribution is 2.16. The molecule has 0 spiro atoms. The standard InChI is InChI=1S/C16H17N5O3/c1-16(2,3)24-15(23)21-9-8-13(10-21)18-14(22)11-4-6-12(7-5-11)19-20-17/h4-10H,1-3H3,(H,18,22). The molecule has 0 unspecified atom stereocenters. The molecule has 0 radical (unpaired) electrons. The molecule has 1 N–H and O–H groups in total. The van der Waals surface area contributed by atoms with Gasteiger partial charge in [0.15, 0.2) is 0 Å². The molecule has 0 fully saturated rings. The number of carbonyl (C=O) groups excluding carboxylic acids is 2. The first-order valence-electron chi connectivity index (χ1n) is 7.16. The van der Waals surface area contributed by atoms with E-state index in [4.69, 9.17) is 10.3 Å². The maximum atomic E-state index is 12.2. The average molecular weight is 327 g/mol. The van der Waals surface area contributed by atoms with Gasteiger partial charge in [0.25, 0.3) is 5.91 Å². The Balaban J connectivity index is 2.04. The van der Waals surface area contributed by atoms with Crippen LogP contribution in [0.5, 0.6) is 0 Å². The van der Waals surface area contributed by atoms with Gasteiger partial charge in [-0.2, -0.15) is 0 Å². The van der Waals surface area contributed by atoms with Crippen molar-refractivity contribution in [2.75, 3.05) is 5.32 Å². The molecule has 0 aliphatic carbocycles. The normalized spacial score (nSPS) is 10.6. The molecular formula is C16H17N5O3. The van der Waals surface area contributed by atoms with Gasteiger partial charge in [0.05, 0.1) is 5.69 Å². The van der Waals surface area contributed by atoms with Gasteiger partial charge >= 0.3 is 6.09 Å². The number of amides is 1. The summed E-state index contributed by atoms with van der Waals surface area (Å²) in [5, 5.41) is 6.11. The summed E-state index contributed by atoms with van der Waals surface area (Å²) in [7, 11) is 0. The minimum Gasteiger partial charge on any atom is -0.443 e. The van der Waals surface area contributed by atoms with Gasteiger partial charge in [-0.3, -0.25) is 9.36 Å². The molecule has 0 aliphatic rings. The minimum absolute atomic E-state index is 0.343. The topological polar surface area (TPSA) is 109 Å². The lowest BCUT2D eigenvalue weighted by molar-refractivity contribution is 0.0537. The van der Waals surface area contributed by atoms with E-state index in [0.717, 1.165) is 0 Å². The molecule has 1 aromatic heterocycles. The lowest BCUT2D eigenvalue weighted by atomic mass is 10.2. The molecule has 8 heteroatoms. The van der Waals surface area contributed by atoms with E-state index in [1.165, 1.54) is 17.0 Å². The highest BCUT2D eigenvalue weighted by atomic mass is 16.6. The summed E-state index contributed by atoms with van der Waals surface area (Å²) in [5.74, 6) is -0.343. The molecule has 1 amide bonds. The zero-order valence-electron chi connectivity index (χ0n) is 13.6. The fraction of sp³-hybridized carbons (Fsp3) is 0.250. The molecule has 0 atom stereocenters.